The van der Waals surface area contributed by atoms with Crippen molar-refractivity contribution in [2.45, 2.75) is 70.2 Å². The Bertz CT molecular complexity index is 267. The quantitative estimate of drug-likeness (QED) is 0.827. The van der Waals surface area contributed by atoms with Crippen LogP contribution < -0.4 is 11.1 Å². The highest BCUT2D eigenvalue weighted by atomic mass is 32.2. The van der Waals surface area contributed by atoms with Gasteiger partial charge in [0, 0.05) is 23.8 Å². The van der Waals surface area contributed by atoms with Crippen molar-refractivity contribution in [3.8, 4) is 0 Å². The molecule has 0 aromatic carbocycles. The zero-order chi connectivity index (χ0) is 13.8. The van der Waals surface area contributed by atoms with E-state index in [0.29, 0.717) is 12.5 Å². The first-order valence-electron chi connectivity index (χ1n) is 6.90. The lowest BCUT2D eigenvalue weighted by molar-refractivity contribution is -0.122. The largest absolute Gasteiger partial charge is 0.353 e. The highest BCUT2D eigenvalue weighted by molar-refractivity contribution is 7.99. The first kappa shape index (κ1) is 15.8. The number of carbonyl (C=O) groups is 1. The van der Waals surface area contributed by atoms with Gasteiger partial charge in [0.2, 0.25) is 5.91 Å². The van der Waals surface area contributed by atoms with Crippen molar-refractivity contribution in [3.05, 3.63) is 0 Å². The van der Waals surface area contributed by atoms with E-state index >= 15 is 0 Å². The Kier molecular flexibility index (Phi) is 5.99. The number of carbonyl (C=O) groups excluding carboxylic acids is 1. The second-order valence-corrected chi connectivity index (χ2v) is 7.59. The number of nitrogens with two attached hydrogens (primary N) is 1. The van der Waals surface area contributed by atoms with Gasteiger partial charge in [0.05, 0.1) is 0 Å². The van der Waals surface area contributed by atoms with Gasteiger partial charge in [-0.1, -0.05) is 20.8 Å². The summed E-state index contributed by atoms with van der Waals surface area (Å²) < 4.78 is 0. The van der Waals surface area contributed by atoms with Crippen LogP contribution in [0.2, 0.25) is 0 Å². The summed E-state index contributed by atoms with van der Waals surface area (Å²) in [6.07, 6.45) is 7.27. The molecule has 0 aliphatic heterocycles. The molecule has 1 atom stereocenters. The molecule has 4 heteroatoms. The van der Waals surface area contributed by atoms with Gasteiger partial charge in [-0.05, 0) is 37.4 Å². The van der Waals surface area contributed by atoms with Gasteiger partial charge in [-0.15, -0.1) is 0 Å². The van der Waals surface area contributed by atoms with E-state index in [1.807, 2.05) is 11.8 Å². The Morgan fingerprint density at radius 3 is 2.33 bits per heavy atom. The van der Waals surface area contributed by atoms with Gasteiger partial charge in [0.15, 0.2) is 0 Å². The van der Waals surface area contributed by atoms with E-state index in [9.17, 15) is 4.79 Å². The fourth-order valence-electron chi connectivity index (χ4n) is 2.24. The topological polar surface area (TPSA) is 55.1 Å². The number of nitrogens with one attached hydrogen (secondary N) is 1. The minimum Gasteiger partial charge on any atom is -0.353 e. The summed E-state index contributed by atoms with van der Waals surface area (Å²) in [7, 11) is 0. The van der Waals surface area contributed by atoms with Crippen molar-refractivity contribution in [1.29, 1.82) is 0 Å². The van der Waals surface area contributed by atoms with Gasteiger partial charge < -0.3 is 11.1 Å². The van der Waals surface area contributed by atoms with Gasteiger partial charge in [-0.3, -0.25) is 4.79 Å². The van der Waals surface area contributed by atoms with Crippen LogP contribution in [0.15, 0.2) is 0 Å². The van der Waals surface area contributed by atoms with Crippen LogP contribution in [0, 0.1) is 5.41 Å². The molecule has 0 saturated heterocycles. The van der Waals surface area contributed by atoms with Crippen molar-refractivity contribution in [3.63, 3.8) is 0 Å². The first-order valence-corrected chi connectivity index (χ1v) is 8.19. The van der Waals surface area contributed by atoms with Gasteiger partial charge in [-0.2, -0.15) is 11.8 Å². The third kappa shape index (κ3) is 5.19. The predicted molar refractivity (Wildman–Crippen MR) is 79.7 cm³/mol. The molecule has 1 rings (SSSR count). The lowest BCUT2D eigenvalue weighted by atomic mass is 9.85. The van der Waals surface area contributed by atoms with Crippen LogP contribution in [0.25, 0.3) is 0 Å². The number of hydrogen-bond acceptors (Lipinski definition) is 3. The molecule has 1 aliphatic rings. The highest BCUT2D eigenvalue weighted by Gasteiger charge is 2.26. The van der Waals surface area contributed by atoms with Crippen molar-refractivity contribution in [1.82, 2.24) is 5.32 Å². The van der Waals surface area contributed by atoms with Crippen LogP contribution in [-0.4, -0.2) is 29.5 Å². The second-order valence-electron chi connectivity index (χ2n) is 6.45. The lowest BCUT2D eigenvalue weighted by Gasteiger charge is -2.30. The average molecular weight is 272 g/mol. The number of rotatable bonds is 4. The summed E-state index contributed by atoms with van der Waals surface area (Å²) in [6, 6.07) is 0.299. The zero-order valence-corrected chi connectivity index (χ0v) is 13.0. The van der Waals surface area contributed by atoms with E-state index in [-0.39, 0.29) is 17.4 Å². The molecular weight excluding hydrogens is 244 g/mol. The Morgan fingerprint density at radius 2 is 1.89 bits per heavy atom. The van der Waals surface area contributed by atoms with Crippen LogP contribution in [0.4, 0.5) is 0 Å². The molecule has 18 heavy (non-hydrogen) atoms. The zero-order valence-electron chi connectivity index (χ0n) is 12.2. The molecule has 0 bridgehead atoms. The molecule has 1 fully saturated rings. The number of amides is 1. The van der Waals surface area contributed by atoms with E-state index in [2.05, 4.69) is 32.3 Å². The molecule has 0 heterocycles. The average Bonchev–Trinajstić information content (AvgIpc) is 2.28. The van der Waals surface area contributed by atoms with Crippen LogP contribution in [0.1, 0.15) is 52.9 Å². The summed E-state index contributed by atoms with van der Waals surface area (Å²) in [6.45, 7) is 6.23. The van der Waals surface area contributed by atoms with Gasteiger partial charge in [-0.25, -0.2) is 0 Å². The molecule has 1 amide bonds. The summed E-state index contributed by atoms with van der Waals surface area (Å²) in [5, 5.41) is 3.93. The van der Waals surface area contributed by atoms with Gasteiger partial charge in [0.1, 0.15) is 0 Å². The molecule has 0 aromatic heterocycles. The minimum absolute atomic E-state index is 0.00610. The summed E-state index contributed by atoms with van der Waals surface area (Å²) in [5.41, 5.74) is 6.03. The summed E-state index contributed by atoms with van der Waals surface area (Å²) in [4.78, 5) is 11.9. The normalized spacial score (nSPS) is 26.7. The van der Waals surface area contributed by atoms with Crippen LogP contribution in [0.3, 0.4) is 0 Å². The maximum absolute atomic E-state index is 11.9. The van der Waals surface area contributed by atoms with Crippen molar-refractivity contribution in [2.24, 2.45) is 11.1 Å². The van der Waals surface area contributed by atoms with Crippen molar-refractivity contribution >= 4 is 17.7 Å². The maximum atomic E-state index is 11.9. The molecular formula is C14H28N2OS. The van der Waals surface area contributed by atoms with Crippen LogP contribution in [0.5, 0.6) is 0 Å². The van der Waals surface area contributed by atoms with E-state index in [1.54, 1.807) is 0 Å². The van der Waals surface area contributed by atoms with Crippen LogP contribution in [-0.2, 0) is 4.79 Å². The fraction of sp³-hybridized carbons (Fsp3) is 0.929. The van der Waals surface area contributed by atoms with Crippen molar-refractivity contribution in [2.75, 3.05) is 6.26 Å². The molecule has 0 radical (unpaired) electrons. The van der Waals surface area contributed by atoms with E-state index < -0.39 is 0 Å². The van der Waals surface area contributed by atoms with Crippen LogP contribution >= 0.6 is 11.8 Å². The second kappa shape index (κ2) is 6.80. The van der Waals surface area contributed by atoms with Crippen molar-refractivity contribution < 1.29 is 4.79 Å². The number of hydrogen-bond donors (Lipinski definition) is 2. The smallest absolute Gasteiger partial charge is 0.221 e. The monoisotopic (exact) mass is 272 g/mol. The third-order valence-electron chi connectivity index (χ3n) is 3.89. The summed E-state index contributed by atoms with van der Waals surface area (Å²) in [5.74, 6) is 0.116. The summed E-state index contributed by atoms with van der Waals surface area (Å²) >= 11 is 1.95. The van der Waals surface area contributed by atoms with E-state index in [0.717, 1.165) is 18.1 Å². The Labute approximate surface area is 116 Å². The molecule has 3 N–H and O–H groups in total. The molecule has 0 aromatic rings. The van der Waals surface area contributed by atoms with E-state index in [1.165, 1.54) is 12.8 Å². The highest BCUT2D eigenvalue weighted by Crippen LogP contribution is 2.27. The Morgan fingerprint density at radius 1 is 1.33 bits per heavy atom. The lowest BCUT2D eigenvalue weighted by Crippen LogP contribution is -2.44. The maximum Gasteiger partial charge on any atom is 0.221 e. The molecule has 3 nitrogen and oxygen atoms in total. The SMILES string of the molecule is CSC1CCC(NC(=O)CC(N)C(C)(C)C)CC1. The third-order valence-corrected chi connectivity index (χ3v) is 5.03. The Hall–Kier alpha value is -0.220. The van der Waals surface area contributed by atoms with E-state index in [4.69, 9.17) is 5.73 Å². The predicted octanol–water partition coefficient (Wildman–Crippen LogP) is 2.54. The molecule has 1 aliphatic carbocycles. The van der Waals surface area contributed by atoms with Gasteiger partial charge >= 0.3 is 0 Å². The first-order chi connectivity index (χ1) is 8.32. The molecule has 106 valence electrons. The minimum atomic E-state index is -0.0694. The standard InChI is InChI=1S/C14H28N2OS/c1-14(2,3)12(15)9-13(17)16-10-5-7-11(18-4)8-6-10/h10-12H,5-9,15H2,1-4H3,(H,16,17). The Balaban J connectivity index is 2.29. The molecule has 1 saturated carbocycles. The molecule has 1 unspecified atom stereocenters. The molecule has 0 spiro atoms. The fourth-order valence-corrected chi connectivity index (χ4v) is 2.98. The number of thioether (sulfide) groups is 1. The van der Waals surface area contributed by atoms with Gasteiger partial charge in [0.25, 0.3) is 0 Å².